The van der Waals surface area contributed by atoms with Crippen molar-refractivity contribution in [2.45, 2.75) is 80.3 Å². The van der Waals surface area contributed by atoms with Gasteiger partial charge in [-0.25, -0.2) is 4.99 Å². The molecule has 0 radical (unpaired) electrons. The molecular formula is C32H45F3N2. The number of nitrogens with one attached hydrogen (secondary N) is 1. The van der Waals surface area contributed by atoms with Crippen LogP contribution in [0.5, 0.6) is 0 Å². The summed E-state index contributed by atoms with van der Waals surface area (Å²) in [7, 11) is 0. The maximum atomic E-state index is 12.7. The van der Waals surface area contributed by atoms with E-state index in [2.05, 4.69) is 69.4 Å². The molecule has 1 aromatic carbocycles. The van der Waals surface area contributed by atoms with E-state index in [1.165, 1.54) is 42.9 Å². The molecule has 0 bridgehead atoms. The monoisotopic (exact) mass is 514 g/mol. The fourth-order valence-electron chi connectivity index (χ4n) is 3.53. The van der Waals surface area contributed by atoms with Gasteiger partial charge < -0.3 is 5.32 Å². The van der Waals surface area contributed by atoms with Crippen LogP contribution < -0.4 is 5.32 Å². The van der Waals surface area contributed by atoms with Gasteiger partial charge in [0.2, 0.25) is 0 Å². The molecular weight excluding hydrogens is 469 g/mol. The molecule has 2 rings (SSSR count). The second kappa shape index (κ2) is 18.2. The van der Waals surface area contributed by atoms with Crippen molar-refractivity contribution in [2.24, 2.45) is 10.9 Å². The first kappa shape index (κ1) is 33.9. The number of amidine groups is 1. The number of hydrogen-bond donors (Lipinski definition) is 1. The summed E-state index contributed by atoms with van der Waals surface area (Å²) >= 11 is 0. The van der Waals surface area contributed by atoms with Crippen LogP contribution in [0, 0.1) is 5.92 Å². The van der Waals surface area contributed by atoms with Gasteiger partial charge in [0.15, 0.2) is 0 Å². The van der Waals surface area contributed by atoms with E-state index in [-0.39, 0.29) is 0 Å². The molecule has 1 atom stereocenters. The lowest BCUT2D eigenvalue weighted by Crippen LogP contribution is -2.10. The van der Waals surface area contributed by atoms with Crippen LogP contribution in [0.3, 0.4) is 0 Å². The number of rotatable bonds is 8. The Hall–Kier alpha value is -3.08. The van der Waals surface area contributed by atoms with Crippen LogP contribution in [0.1, 0.15) is 79.7 Å². The third-order valence-corrected chi connectivity index (χ3v) is 5.49. The molecule has 0 aliphatic heterocycles. The molecule has 0 aromatic heterocycles. The van der Waals surface area contributed by atoms with Gasteiger partial charge in [0, 0.05) is 17.3 Å². The first-order valence-corrected chi connectivity index (χ1v) is 12.9. The lowest BCUT2D eigenvalue weighted by molar-refractivity contribution is -0.137. The summed E-state index contributed by atoms with van der Waals surface area (Å²) in [5.41, 5.74) is 3.84. The Kier molecular flexibility index (Phi) is 16.7. The molecule has 0 saturated carbocycles. The maximum absolute atomic E-state index is 12.7. The molecule has 1 N–H and O–H groups in total. The van der Waals surface area contributed by atoms with Crippen molar-refractivity contribution >= 4 is 11.5 Å². The highest BCUT2D eigenvalue weighted by atomic mass is 19.4. The third-order valence-electron chi connectivity index (χ3n) is 5.49. The van der Waals surface area contributed by atoms with Gasteiger partial charge in [-0.1, -0.05) is 101 Å². The molecule has 0 saturated heterocycles. The molecule has 0 amide bonds. The summed E-state index contributed by atoms with van der Waals surface area (Å²) in [5, 5.41) is 2.86. The average molecular weight is 515 g/mol. The standard InChI is InChI=1S/C17H19F3N2.C10H14.C5H12/c1-5-8-14(6-2)12(3)21-13(4)22-16-10-7-9-15(11-16)17(18,19)20;1-4-9-6-5-7-10(9)8(2)3;1-3-5-4-2/h5-11H,2H2,1,3-4H3,(H,21,22);5-7,9H,2,4H2,1,3H3;3-5H2,1-2H3/b8-5-,14-12+;;. The summed E-state index contributed by atoms with van der Waals surface area (Å²) in [6.45, 7) is 21.7. The highest BCUT2D eigenvalue weighted by Gasteiger charge is 2.30. The summed E-state index contributed by atoms with van der Waals surface area (Å²) < 4.78 is 38.0. The van der Waals surface area contributed by atoms with Crippen molar-refractivity contribution < 1.29 is 13.2 Å². The summed E-state index contributed by atoms with van der Waals surface area (Å²) in [4.78, 5) is 4.34. The van der Waals surface area contributed by atoms with Gasteiger partial charge in [-0.2, -0.15) is 13.2 Å². The molecule has 5 heteroatoms. The number of aliphatic imine (C=N–C) groups is 1. The van der Waals surface area contributed by atoms with Gasteiger partial charge in [0.1, 0.15) is 5.84 Å². The van der Waals surface area contributed by atoms with Crippen LogP contribution in [0.25, 0.3) is 0 Å². The Labute approximate surface area is 223 Å². The lowest BCUT2D eigenvalue weighted by atomic mass is 9.95. The molecule has 0 fully saturated rings. The summed E-state index contributed by atoms with van der Waals surface area (Å²) in [6, 6.07) is 5.01. The van der Waals surface area contributed by atoms with Crippen molar-refractivity contribution in [3.63, 3.8) is 0 Å². The summed E-state index contributed by atoms with van der Waals surface area (Å²) in [5.74, 6) is 1.14. The number of alkyl halides is 3. The van der Waals surface area contributed by atoms with Crippen molar-refractivity contribution in [3.05, 3.63) is 102 Å². The number of halogens is 3. The van der Waals surface area contributed by atoms with Gasteiger partial charge in [0.25, 0.3) is 0 Å². The quantitative estimate of drug-likeness (QED) is 0.208. The number of anilines is 1. The van der Waals surface area contributed by atoms with Gasteiger partial charge in [-0.05, 0) is 63.5 Å². The highest BCUT2D eigenvalue weighted by molar-refractivity contribution is 5.94. The van der Waals surface area contributed by atoms with E-state index in [4.69, 9.17) is 0 Å². The molecule has 204 valence electrons. The smallest absolute Gasteiger partial charge is 0.344 e. The second-order valence-corrected chi connectivity index (χ2v) is 8.80. The fourth-order valence-corrected chi connectivity index (χ4v) is 3.53. The van der Waals surface area contributed by atoms with Crippen molar-refractivity contribution in [3.8, 4) is 0 Å². The lowest BCUT2D eigenvalue weighted by Gasteiger charge is -2.10. The number of unbranched alkanes of at least 4 members (excludes halogenated alkanes) is 2. The topological polar surface area (TPSA) is 24.4 Å². The maximum Gasteiger partial charge on any atom is 0.416 e. The molecule has 1 aliphatic rings. The zero-order valence-corrected chi connectivity index (χ0v) is 23.7. The van der Waals surface area contributed by atoms with Gasteiger partial charge in [0.05, 0.1) is 5.56 Å². The number of hydrogen-bond acceptors (Lipinski definition) is 1. The molecule has 0 spiro atoms. The molecule has 2 nitrogen and oxygen atoms in total. The van der Waals surface area contributed by atoms with Crippen LogP contribution >= 0.6 is 0 Å². The average Bonchev–Trinajstić information content (AvgIpc) is 3.33. The van der Waals surface area contributed by atoms with Crippen molar-refractivity contribution in [2.75, 3.05) is 5.32 Å². The van der Waals surface area contributed by atoms with E-state index in [9.17, 15) is 13.2 Å². The SMILES string of the molecule is C=C(C)C1=CC=CC1CC.C=CC(/C=C\C)=C(/C)N=C(C)Nc1cccc(C(F)(F)F)c1.CCCCC. The Bertz CT molecular complexity index is 1000. The van der Waals surface area contributed by atoms with Crippen LogP contribution in [-0.4, -0.2) is 5.84 Å². The first-order valence-electron chi connectivity index (χ1n) is 12.9. The van der Waals surface area contributed by atoms with E-state index in [0.717, 1.165) is 23.4 Å². The van der Waals surface area contributed by atoms with Gasteiger partial charge in [-0.3, -0.25) is 0 Å². The fraction of sp³-hybridized carbons (Fsp3) is 0.406. The van der Waals surface area contributed by atoms with Gasteiger partial charge >= 0.3 is 6.18 Å². The van der Waals surface area contributed by atoms with E-state index in [0.29, 0.717) is 17.4 Å². The largest absolute Gasteiger partial charge is 0.416 e. The van der Waals surface area contributed by atoms with Gasteiger partial charge in [-0.15, -0.1) is 0 Å². The van der Waals surface area contributed by atoms with Crippen LogP contribution in [0.4, 0.5) is 18.9 Å². The zero-order valence-electron chi connectivity index (χ0n) is 23.7. The summed E-state index contributed by atoms with van der Waals surface area (Å²) in [6.07, 6.45) is 12.8. The van der Waals surface area contributed by atoms with Crippen LogP contribution in [0.15, 0.2) is 101 Å². The first-order chi connectivity index (χ1) is 17.4. The normalized spacial score (nSPS) is 15.7. The minimum atomic E-state index is -4.36. The number of benzene rings is 1. The molecule has 1 aromatic rings. The molecule has 1 unspecified atom stereocenters. The predicted octanol–water partition coefficient (Wildman–Crippen LogP) is 10.9. The predicted molar refractivity (Wildman–Crippen MR) is 157 cm³/mol. The Balaban J connectivity index is 0.000000706. The van der Waals surface area contributed by atoms with Crippen LogP contribution in [-0.2, 0) is 6.18 Å². The van der Waals surface area contributed by atoms with Crippen molar-refractivity contribution in [1.82, 2.24) is 0 Å². The molecule has 1 aliphatic carbocycles. The minimum absolute atomic E-state index is 0.343. The minimum Gasteiger partial charge on any atom is -0.344 e. The number of allylic oxidation sites excluding steroid dienone is 10. The van der Waals surface area contributed by atoms with E-state index < -0.39 is 11.7 Å². The van der Waals surface area contributed by atoms with Crippen molar-refractivity contribution in [1.29, 1.82) is 0 Å². The Morgan fingerprint density at radius 3 is 2.19 bits per heavy atom. The van der Waals surface area contributed by atoms with Crippen LogP contribution in [0.2, 0.25) is 0 Å². The molecule has 37 heavy (non-hydrogen) atoms. The van der Waals surface area contributed by atoms with E-state index >= 15 is 0 Å². The van der Waals surface area contributed by atoms with E-state index in [1.54, 1.807) is 19.1 Å². The third kappa shape index (κ3) is 13.7. The second-order valence-electron chi connectivity index (χ2n) is 8.80. The zero-order chi connectivity index (χ0) is 28.4. The van der Waals surface area contributed by atoms with E-state index in [1.807, 2.05) is 26.0 Å². The number of nitrogens with zero attached hydrogens (tertiary/aromatic N) is 1. The highest BCUT2D eigenvalue weighted by Crippen LogP contribution is 2.30. The Morgan fingerprint density at radius 1 is 1.11 bits per heavy atom. The molecule has 0 heterocycles. The Morgan fingerprint density at radius 2 is 1.76 bits per heavy atom.